The van der Waals surface area contributed by atoms with Crippen LogP contribution in [0, 0.1) is 19.8 Å². The van der Waals surface area contributed by atoms with Gasteiger partial charge in [-0.25, -0.2) is 4.79 Å². The highest BCUT2D eigenvalue weighted by atomic mass is 32.2. The molecule has 0 radical (unpaired) electrons. The van der Waals surface area contributed by atoms with Gasteiger partial charge in [0.2, 0.25) is 5.91 Å². The zero-order valence-corrected chi connectivity index (χ0v) is 25.7. The second kappa shape index (κ2) is 13.4. The monoisotopic (exact) mass is 569 g/mol. The molecule has 1 aliphatic carbocycles. The Hall–Kier alpha value is -3.20. The predicted octanol–water partition coefficient (Wildman–Crippen LogP) is 5.88. The maximum Gasteiger partial charge on any atom is 0.408 e. The van der Waals surface area contributed by atoms with E-state index in [-0.39, 0.29) is 23.8 Å². The number of anilines is 1. The number of carbonyl (C=O) groups is 3. The highest BCUT2D eigenvalue weighted by Crippen LogP contribution is 2.42. The van der Waals surface area contributed by atoms with E-state index in [1.165, 1.54) is 0 Å². The minimum absolute atomic E-state index is 0.128. The summed E-state index contributed by atoms with van der Waals surface area (Å²) in [4.78, 5) is 43.0. The lowest BCUT2D eigenvalue weighted by atomic mass is 9.95. The topological polar surface area (TPSA) is 97.0 Å². The van der Waals surface area contributed by atoms with Gasteiger partial charge in [-0.2, -0.15) is 11.8 Å². The Kier molecular flexibility index (Phi) is 10.5. The molecule has 2 aromatic rings. The Balaban J connectivity index is 2.04. The summed E-state index contributed by atoms with van der Waals surface area (Å²) in [6.07, 6.45) is 2.50. The molecule has 1 fully saturated rings. The number of ether oxygens (including phenoxy) is 2. The second-order valence-electron chi connectivity index (χ2n) is 11.5. The third kappa shape index (κ3) is 8.40. The molecule has 0 aliphatic heterocycles. The lowest BCUT2D eigenvalue weighted by Gasteiger charge is -2.35. The summed E-state index contributed by atoms with van der Waals surface area (Å²) in [5.74, 6) is 0.967. The van der Waals surface area contributed by atoms with Crippen LogP contribution in [0.3, 0.4) is 0 Å². The van der Waals surface area contributed by atoms with Gasteiger partial charge in [-0.05, 0) is 101 Å². The molecule has 4 atom stereocenters. The zero-order chi connectivity index (χ0) is 29.6. The van der Waals surface area contributed by atoms with Crippen molar-refractivity contribution in [2.24, 2.45) is 5.92 Å². The molecule has 2 N–H and O–H groups in total. The predicted molar refractivity (Wildman–Crippen MR) is 161 cm³/mol. The van der Waals surface area contributed by atoms with Crippen molar-refractivity contribution in [3.05, 3.63) is 59.2 Å². The van der Waals surface area contributed by atoms with Gasteiger partial charge in [0.05, 0.1) is 7.11 Å². The van der Waals surface area contributed by atoms with E-state index in [0.717, 1.165) is 23.1 Å². The first-order valence-corrected chi connectivity index (χ1v) is 15.1. The van der Waals surface area contributed by atoms with Crippen LogP contribution in [-0.2, 0) is 14.3 Å². The Labute approximate surface area is 242 Å². The fourth-order valence-corrected chi connectivity index (χ4v) is 5.12. The quantitative estimate of drug-likeness (QED) is 0.351. The van der Waals surface area contributed by atoms with Crippen molar-refractivity contribution in [1.29, 1.82) is 0 Å². The molecule has 3 rings (SSSR count). The first kappa shape index (κ1) is 31.3. The maximum atomic E-state index is 14.4. The minimum atomic E-state index is -0.887. The molecule has 0 aromatic heterocycles. The van der Waals surface area contributed by atoms with E-state index in [1.807, 2.05) is 38.3 Å². The van der Waals surface area contributed by atoms with Crippen molar-refractivity contribution in [2.75, 3.05) is 24.4 Å². The fourth-order valence-electron chi connectivity index (χ4n) is 4.65. The molecule has 40 heavy (non-hydrogen) atoms. The number of carbonyl (C=O) groups excluding carboxylic acids is 3. The van der Waals surface area contributed by atoms with E-state index in [2.05, 4.69) is 17.6 Å². The number of hydrogen-bond acceptors (Lipinski definition) is 6. The normalized spacial score (nSPS) is 17.8. The number of benzene rings is 2. The van der Waals surface area contributed by atoms with E-state index >= 15 is 0 Å². The van der Waals surface area contributed by atoms with Crippen LogP contribution in [0.4, 0.5) is 10.5 Å². The summed E-state index contributed by atoms with van der Waals surface area (Å²) in [5.41, 5.74) is 2.56. The van der Waals surface area contributed by atoms with Gasteiger partial charge in [-0.15, -0.1) is 0 Å². The number of methoxy groups -OCH3 is 1. The summed E-state index contributed by atoms with van der Waals surface area (Å²) in [5, 5.41) is 5.83. The summed E-state index contributed by atoms with van der Waals surface area (Å²) >= 11 is 1.59. The molecule has 0 bridgehead atoms. The number of amides is 3. The maximum absolute atomic E-state index is 14.4. The summed E-state index contributed by atoms with van der Waals surface area (Å²) in [7, 11) is 1.59. The Morgan fingerprint density at radius 1 is 1.10 bits per heavy atom. The molecule has 8 nitrogen and oxygen atoms in total. The molecule has 9 heteroatoms. The Morgan fingerprint density at radius 2 is 1.75 bits per heavy atom. The van der Waals surface area contributed by atoms with Gasteiger partial charge >= 0.3 is 6.09 Å². The standard InChI is InChI=1S/C31H43N3O5S/c1-19-9-10-20(2)24(17-19)27(28(35)32-22-11-13-23(38-7)14-12-22)34(26-18-21(26)3)29(36)25(15-16-40-8)33-30(37)39-31(4,5)6/h9-14,17,21,25-27H,15-16,18H2,1-8H3,(H,32,35)(H,33,37). The largest absolute Gasteiger partial charge is 0.497 e. The molecule has 2 aromatic carbocycles. The minimum Gasteiger partial charge on any atom is -0.497 e. The molecule has 1 saturated carbocycles. The smallest absolute Gasteiger partial charge is 0.408 e. The number of alkyl carbamates (subject to hydrolysis) is 1. The highest BCUT2D eigenvalue weighted by molar-refractivity contribution is 7.98. The van der Waals surface area contributed by atoms with Gasteiger partial charge in [-0.3, -0.25) is 9.59 Å². The van der Waals surface area contributed by atoms with Crippen molar-refractivity contribution >= 4 is 35.4 Å². The molecule has 1 aliphatic rings. The number of aryl methyl sites for hydroxylation is 2. The summed E-state index contributed by atoms with van der Waals surface area (Å²) < 4.78 is 10.7. The third-order valence-corrected chi connectivity index (χ3v) is 7.54. The fraction of sp³-hybridized carbons (Fsp3) is 0.516. The van der Waals surface area contributed by atoms with E-state index in [1.54, 1.807) is 68.8 Å². The number of thioether (sulfide) groups is 1. The molecular formula is C31H43N3O5S. The van der Waals surface area contributed by atoms with Crippen molar-refractivity contribution in [3.8, 4) is 5.75 Å². The van der Waals surface area contributed by atoms with E-state index in [0.29, 0.717) is 23.6 Å². The average Bonchev–Trinajstić information content (AvgIpc) is 3.61. The Bertz CT molecular complexity index is 1190. The molecule has 218 valence electrons. The van der Waals surface area contributed by atoms with Crippen LogP contribution in [0.1, 0.15) is 63.3 Å². The van der Waals surface area contributed by atoms with Crippen molar-refractivity contribution < 1.29 is 23.9 Å². The molecule has 0 spiro atoms. The highest BCUT2D eigenvalue weighted by Gasteiger charge is 2.48. The number of nitrogens with one attached hydrogen (secondary N) is 2. The average molecular weight is 570 g/mol. The molecule has 0 saturated heterocycles. The number of hydrogen-bond donors (Lipinski definition) is 2. The third-order valence-electron chi connectivity index (χ3n) is 6.89. The summed E-state index contributed by atoms with van der Waals surface area (Å²) in [6.45, 7) is 11.3. The molecule has 3 amide bonds. The Morgan fingerprint density at radius 3 is 2.30 bits per heavy atom. The lowest BCUT2D eigenvalue weighted by Crippen LogP contribution is -2.53. The summed E-state index contributed by atoms with van der Waals surface area (Å²) in [6, 6.07) is 11.2. The van der Waals surface area contributed by atoms with Crippen LogP contribution in [0.15, 0.2) is 42.5 Å². The van der Waals surface area contributed by atoms with Gasteiger partial charge < -0.3 is 25.0 Å². The van der Waals surface area contributed by atoms with Crippen LogP contribution < -0.4 is 15.4 Å². The SMILES string of the molecule is COc1ccc(NC(=O)C(c2cc(C)ccc2C)N(C(=O)C(CCSC)NC(=O)OC(C)(C)C)C2CC2C)cc1. The van der Waals surface area contributed by atoms with E-state index in [9.17, 15) is 14.4 Å². The lowest BCUT2D eigenvalue weighted by molar-refractivity contribution is -0.141. The zero-order valence-electron chi connectivity index (χ0n) is 24.9. The second-order valence-corrected chi connectivity index (χ2v) is 12.5. The van der Waals surface area contributed by atoms with Gasteiger partial charge in [0.15, 0.2) is 0 Å². The first-order valence-electron chi connectivity index (χ1n) is 13.7. The van der Waals surface area contributed by atoms with Gasteiger partial charge in [0, 0.05) is 11.7 Å². The van der Waals surface area contributed by atoms with Crippen LogP contribution >= 0.6 is 11.8 Å². The van der Waals surface area contributed by atoms with Gasteiger partial charge in [0.25, 0.3) is 5.91 Å². The van der Waals surface area contributed by atoms with Crippen LogP contribution in [0.2, 0.25) is 0 Å². The van der Waals surface area contributed by atoms with Gasteiger partial charge in [0.1, 0.15) is 23.4 Å². The number of nitrogens with zero attached hydrogens (tertiary/aromatic N) is 1. The van der Waals surface area contributed by atoms with Crippen molar-refractivity contribution in [3.63, 3.8) is 0 Å². The first-order chi connectivity index (χ1) is 18.8. The molecule has 4 unspecified atom stereocenters. The van der Waals surface area contributed by atoms with Crippen LogP contribution in [0.25, 0.3) is 0 Å². The number of rotatable bonds is 11. The van der Waals surface area contributed by atoms with E-state index in [4.69, 9.17) is 9.47 Å². The van der Waals surface area contributed by atoms with E-state index < -0.39 is 23.8 Å². The van der Waals surface area contributed by atoms with Crippen LogP contribution in [-0.4, -0.2) is 59.6 Å². The molecular weight excluding hydrogens is 526 g/mol. The van der Waals surface area contributed by atoms with Gasteiger partial charge in [-0.1, -0.05) is 30.7 Å². The van der Waals surface area contributed by atoms with Crippen molar-refractivity contribution in [1.82, 2.24) is 10.2 Å². The van der Waals surface area contributed by atoms with Crippen LogP contribution in [0.5, 0.6) is 5.75 Å². The molecule has 0 heterocycles. The van der Waals surface area contributed by atoms with Crippen molar-refractivity contribution in [2.45, 2.75) is 78.1 Å².